The predicted molar refractivity (Wildman–Crippen MR) is 61.0 cm³/mol. The number of nitriles is 1. The van der Waals surface area contributed by atoms with E-state index in [4.69, 9.17) is 11.0 Å². The van der Waals surface area contributed by atoms with E-state index in [0.717, 1.165) is 5.03 Å². The van der Waals surface area contributed by atoms with Gasteiger partial charge >= 0.3 is 0 Å². The van der Waals surface area contributed by atoms with Crippen LogP contribution in [0.1, 0.15) is 18.4 Å². The van der Waals surface area contributed by atoms with Crippen LogP contribution < -0.4 is 5.73 Å². The van der Waals surface area contributed by atoms with Crippen LogP contribution in [0.4, 0.5) is 5.82 Å². The van der Waals surface area contributed by atoms with Crippen molar-refractivity contribution in [2.24, 2.45) is 0 Å². The molecule has 0 saturated heterocycles. The van der Waals surface area contributed by atoms with Crippen molar-refractivity contribution in [1.29, 1.82) is 5.26 Å². The van der Waals surface area contributed by atoms with Gasteiger partial charge < -0.3 is 5.73 Å². The summed E-state index contributed by atoms with van der Waals surface area (Å²) in [7, 11) is 0. The topological polar surface area (TPSA) is 80.0 Å². The van der Waals surface area contributed by atoms with Crippen LogP contribution in [0.5, 0.6) is 0 Å². The molecular weight excluding hydrogens is 222 g/mol. The summed E-state index contributed by atoms with van der Waals surface area (Å²) in [6, 6.07) is 3.90. The highest BCUT2D eigenvalue weighted by Crippen LogP contribution is 2.40. The Bertz CT molecular complexity index is 593. The molecule has 0 atom stereocenters. The Morgan fingerprint density at radius 3 is 3.06 bits per heavy atom. The van der Waals surface area contributed by atoms with E-state index < -0.39 is 0 Å². The fraction of sp³-hybridized carbons (Fsp3) is 0.300. The maximum absolute atomic E-state index is 9.11. The number of fused-ring (bicyclic) bond motifs is 1. The van der Waals surface area contributed by atoms with Gasteiger partial charge in [-0.25, -0.2) is 4.98 Å². The molecule has 0 aromatic carbocycles. The van der Waals surface area contributed by atoms with E-state index in [9.17, 15) is 0 Å². The van der Waals surface area contributed by atoms with Crippen molar-refractivity contribution in [1.82, 2.24) is 14.6 Å². The van der Waals surface area contributed by atoms with Crippen molar-refractivity contribution in [3.05, 3.63) is 17.8 Å². The maximum Gasteiger partial charge on any atom is 0.158 e. The second kappa shape index (κ2) is 3.39. The number of hydrogen-bond donors (Lipinski definition) is 1. The van der Waals surface area contributed by atoms with Gasteiger partial charge in [-0.3, -0.25) is 0 Å². The molecule has 2 N–H and O–H groups in total. The van der Waals surface area contributed by atoms with Crippen LogP contribution in [0.2, 0.25) is 0 Å². The average molecular weight is 231 g/mol. The first kappa shape index (κ1) is 9.48. The van der Waals surface area contributed by atoms with Gasteiger partial charge in [0, 0.05) is 11.3 Å². The largest absolute Gasteiger partial charge is 0.382 e. The Morgan fingerprint density at radius 2 is 2.38 bits per heavy atom. The third-order valence-corrected chi connectivity index (χ3v) is 3.77. The monoisotopic (exact) mass is 231 g/mol. The molecule has 0 unspecified atom stereocenters. The van der Waals surface area contributed by atoms with Crippen LogP contribution in [0.25, 0.3) is 5.65 Å². The molecule has 2 aromatic rings. The molecule has 5 nitrogen and oxygen atoms in total. The Kier molecular flexibility index (Phi) is 2.01. The summed E-state index contributed by atoms with van der Waals surface area (Å²) < 4.78 is 1.50. The number of nitrogens with zero attached hydrogens (tertiary/aromatic N) is 4. The average Bonchev–Trinajstić information content (AvgIpc) is 2.95. The van der Waals surface area contributed by atoms with E-state index in [1.807, 2.05) is 0 Å². The van der Waals surface area contributed by atoms with Gasteiger partial charge in [0.15, 0.2) is 5.65 Å². The lowest BCUT2D eigenvalue weighted by Gasteiger charge is -2.06. The normalized spacial score (nSPS) is 15.2. The van der Waals surface area contributed by atoms with Crippen molar-refractivity contribution < 1.29 is 0 Å². The van der Waals surface area contributed by atoms with Gasteiger partial charge in [0.1, 0.15) is 22.5 Å². The minimum absolute atomic E-state index is 0.376. The zero-order valence-corrected chi connectivity index (χ0v) is 9.24. The molecule has 0 bridgehead atoms. The van der Waals surface area contributed by atoms with Crippen molar-refractivity contribution >= 4 is 23.2 Å². The number of hydrogen-bond acceptors (Lipinski definition) is 5. The SMILES string of the molecule is N#Cc1c(SC2CC2)nc2ccnn2c1N. The number of anilines is 1. The first-order chi connectivity index (χ1) is 7.79. The molecule has 1 saturated carbocycles. The number of nitrogens with two attached hydrogens (primary N) is 1. The van der Waals surface area contributed by atoms with Gasteiger partial charge in [0.2, 0.25) is 0 Å². The van der Waals surface area contributed by atoms with Crippen LogP contribution in [-0.4, -0.2) is 19.8 Å². The summed E-state index contributed by atoms with van der Waals surface area (Å²) >= 11 is 1.64. The van der Waals surface area contributed by atoms with Gasteiger partial charge in [-0.05, 0) is 12.8 Å². The minimum atomic E-state index is 0.376. The second-order valence-corrected chi connectivity index (χ2v) is 5.00. The van der Waals surface area contributed by atoms with Gasteiger partial charge in [-0.2, -0.15) is 14.9 Å². The highest BCUT2D eigenvalue weighted by Gasteiger charge is 2.26. The summed E-state index contributed by atoms with van der Waals surface area (Å²) in [6.45, 7) is 0. The molecule has 2 aromatic heterocycles. The third kappa shape index (κ3) is 1.41. The quantitative estimate of drug-likeness (QED) is 0.791. The molecular formula is C10H9N5S. The van der Waals surface area contributed by atoms with Gasteiger partial charge in [-0.15, -0.1) is 11.8 Å². The summed E-state index contributed by atoms with van der Waals surface area (Å²) in [6.07, 6.45) is 4.02. The van der Waals surface area contributed by atoms with E-state index in [1.165, 1.54) is 17.4 Å². The fourth-order valence-electron chi connectivity index (χ4n) is 1.48. The molecule has 0 spiro atoms. The van der Waals surface area contributed by atoms with Crippen LogP contribution in [-0.2, 0) is 0 Å². The van der Waals surface area contributed by atoms with Gasteiger partial charge in [-0.1, -0.05) is 0 Å². The van der Waals surface area contributed by atoms with Crippen molar-refractivity contribution in [3.8, 4) is 6.07 Å². The molecule has 2 heterocycles. The first-order valence-corrected chi connectivity index (χ1v) is 5.87. The van der Waals surface area contributed by atoms with Crippen molar-refractivity contribution in [2.45, 2.75) is 23.1 Å². The van der Waals surface area contributed by atoms with E-state index in [1.54, 1.807) is 24.0 Å². The molecule has 6 heteroatoms. The molecule has 0 amide bonds. The minimum Gasteiger partial charge on any atom is -0.382 e. The molecule has 0 radical (unpaired) electrons. The van der Waals surface area contributed by atoms with Gasteiger partial charge in [0.25, 0.3) is 0 Å². The lowest BCUT2D eigenvalue weighted by atomic mass is 10.3. The predicted octanol–water partition coefficient (Wildman–Crippen LogP) is 1.44. The molecule has 1 aliphatic rings. The van der Waals surface area contributed by atoms with E-state index in [0.29, 0.717) is 22.3 Å². The van der Waals surface area contributed by atoms with Crippen molar-refractivity contribution in [3.63, 3.8) is 0 Å². The standard InChI is InChI=1S/C10H9N5S/c11-5-7-9(12)15-8(3-4-13-15)14-10(7)16-6-1-2-6/h3-4,6H,1-2,12H2. The summed E-state index contributed by atoms with van der Waals surface area (Å²) in [5.41, 5.74) is 7.03. The summed E-state index contributed by atoms with van der Waals surface area (Å²) in [5.74, 6) is 0.376. The van der Waals surface area contributed by atoms with Crippen LogP contribution in [0.15, 0.2) is 17.3 Å². The Morgan fingerprint density at radius 1 is 1.56 bits per heavy atom. The molecule has 1 aliphatic carbocycles. The Balaban J connectivity index is 2.20. The zero-order chi connectivity index (χ0) is 11.1. The molecule has 16 heavy (non-hydrogen) atoms. The number of nitrogen functional groups attached to an aromatic ring is 1. The lowest BCUT2D eigenvalue weighted by Crippen LogP contribution is -2.05. The lowest BCUT2D eigenvalue weighted by molar-refractivity contribution is 0.920. The molecule has 1 fully saturated rings. The highest BCUT2D eigenvalue weighted by atomic mass is 32.2. The van der Waals surface area contributed by atoms with Crippen molar-refractivity contribution in [2.75, 3.05) is 5.73 Å². The summed E-state index contributed by atoms with van der Waals surface area (Å²) in [5, 5.41) is 14.5. The zero-order valence-electron chi connectivity index (χ0n) is 8.42. The number of aromatic nitrogens is 3. The van der Waals surface area contributed by atoms with E-state index >= 15 is 0 Å². The third-order valence-electron chi connectivity index (χ3n) is 2.45. The van der Waals surface area contributed by atoms with E-state index in [2.05, 4.69) is 16.2 Å². The molecule has 0 aliphatic heterocycles. The smallest absolute Gasteiger partial charge is 0.158 e. The van der Waals surface area contributed by atoms with Crippen LogP contribution in [0, 0.1) is 11.3 Å². The Hall–Kier alpha value is -1.74. The molecule has 80 valence electrons. The van der Waals surface area contributed by atoms with Gasteiger partial charge in [0.05, 0.1) is 6.20 Å². The number of thioether (sulfide) groups is 1. The first-order valence-electron chi connectivity index (χ1n) is 4.99. The van der Waals surface area contributed by atoms with Crippen LogP contribution >= 0.6 is 11.8 Å². The Labute approximate surface area is 96.3 Å². The fourth-order valence-corrected chi connectivity index (χ4v) is 2.58. The molecule has 3 rings (SSSR count). The van der Waals surface area contributed by atoms with E-state index in [-0.39, 0.29) is 0 Å². The maximum atomic E-state index is 9.11. The summed E-state index contributed by atoms with van der Waals surface area (Å²) in [4.78, 5) is 4.41. The second-order valence-electron chi connectivity index (χ2n) is 3.71. The number of rotatable bonds is 2. The van der Waals surface area contributed by atoms with Crippen LogP contribution in [0.3, 0.4) is 0 Å². The highest BCUT2D eigenvalue weighted by molar-refractivity contribution is 8.00.